The van der Waals surface area contributed by atoms with Gasteiger partial charge in [-0.1, -0.05) is 33.5 Å². The Bertz CT molecular complexity index is 1770. The van der Waals surface area contributed by atoms with E-state index in [4.69, 9.17) is 24.2 Å². The lowest BCUT2D eigenvalue weighted by Crippen LogP contribution is -2.40. The molecule has 0 radical (unpaired) electrons. The van der Waals surface area contributed by atoms with Gasteiger partial charge in [-0.2, -0.15) is 13.8 Å². The van der Waals surface area contributed by atoms with Crippen molar-refractivity contribution in [2.24, 2.45) is 7.05 Å². The summed E-state index contributed by atoms with van der Waals surface area (Å²) in [6.45, 7) is 6.29. The molecule has 1 amide bonds. The van der Waals surface area contributed by atoms with Crippen molar-refractivity contribution in [2.45, 2.75) is 70.4 Å². The third kappa shape index (κ3) is 6.79. The highest BCUT2D eigenvalue weighted by Crippen LogP contribution is 2.45. The predicted octanol–water partition coefficient (Wildman–Crippen LogP) is 6.02. The zero-order chi connectivity index (χ0) is 32.8. The molecule has 0 saturated heterocycles. The molecular formula is C32H36F2N7O4P. The van der Waals surface area contributed by atoms with Gasteiger partial charge in [0.25, 0.3) is 0 Å². The van der Waals surface area contributed by atoms with Crippen LogP contribution in [0.1, 0.15) is 67.7 Å². The second kappa shape index (κ2) is 12.2. The topological polar surface area (TPSA) is 117 Å². The van der Waals surface area contributed by atoms with Crippen molar-refractivity contribution in [3.63, 3.8) is 0 Å². The second-order valence-corrected chi connectivity index (χ2v) is 13.2. The van der Waals surface area contributed by atoms with Crippen LogP contribution in [0.15, 0.2) is 36.8 Å². The molecular weight excluding hydrogens is 615 g/mol. The minimum atomic E-state index is -3.12. The number of hydrogen-bond donors (Lipinski definition) is 0. The van der Waals surface area contributed by atoms with Gasteiger partial charge < -0.3 is 23.7 Å². The lowest BCUT2D eigenvalue weighted by Gasteiger charge is -2.31. The normalized spacial score (nSPS) is 15.0. The first kappa shape index (κ1) is 31.7. The highest BCUT2D eigenvalue weighted by Gasteiger charge is 2.34. The number of halogens is 2. The second-order valence-electron chi connectivity index (χ2n) is 12.5. The molecule has 1 aliphatic heterocycles. The first-order valence-electron chi connectivity index (χ1n) is 15.0. The van der Waals surface area contributed by atoms with E-state index in [1.54, 1.807) is 23.6 Å². The summed E-state index contributed by atoms with van der Waals surface area (Å²) in [4.78, 5) is 37.4. The highest BCUT2D eigenvalue weighted by atomic mass is 31.0. The van der Waals surface area contributed by atoms with Crippen LogP contribution >= 0.6 is 9.24 Å². The van der Waals surface area contributed by atoms with Crippen molar-refractivity contribution in [1.82, 2.24) is 34.4 Å². The molecule has 4 heterocycles. The van der Waals surface area contributed by atoms with Crippen molar-refractivity contribution in [1.29, 1.82) is 0 Å². The molecule has 0 N–H and O–H groups in total. The number of carbonyl (C=O) groups excluding carboxylic acids is 1. The largest absolute Gasteiger partial charge is 0.480 e. The van der Waals surface area contributed by atoms with Gasteiger partial charge in [0.15, 0.2) is 5.82 Å². The van der Waals surface area contributed by atoms with Crippen LogP contribution < -0.4 is 9.47 Å². The van der Waals surface area contributed by atoms with Crippen LogP contribution in [-0.4, -0.2) is 59.7 Å². The zero-order valence-corrected chi connectivity index (χ0v) is 27.5. The number of rotatable bonds is 8. The maximum Gasteiger partial charge on any atom is 0.410 e. The van der Waals surface area contributed by atoms with Gasteiger partial charge in [-0.15, -0.1) is 0 Å². The number of imidazole rings is 1. The van der Waals surface area contributed by atoms with Crippen molar-refractivity contribution in [2.75, 3.05) is 13.7 Å². The zero-order valence-electron chi connectivity index (χ0n) is 26.4. The summed E-state index contributed by atoms with van der Waals surface area (Å²) in [5, 5.41) is 0. The fourth-order valence-electron chi connectivity index (χ4n) is 5.31. The van der Waals surface area contributed by atoms with Gasteiger partial charge in [0.2, 0.25) is 11.8 Å². The first-order chi connectivity index (χ1) is 21.8. The molecule has 1 atom stereocenters. The SMILES string of the molecule is COc1ncnc(C2CC2)c1-c1nc2c(c(OCc3ccc(-c4nc(C(F)(F)P)cn4C)cc3)n1)CN(C(=O)OC(C)(C)C)CC2. The van der Waals surface area contributed by atoms with E-state index in [1.165, 1.54) is 21.8 Å². The molecule has 0 spiro atoms. The molecule has 1 fully saturated rings. The van der Waals surface area contributed by atoms with E-state index < -0.39 is 17.4 Å². The molecule has 242 valence electrons. The fourth-order valence-corrected chi connectivity index (χ4v) is 5.45. The van der Waals surface area contributed by atoms with Gasteiger partial charge in [0.1, 0.15) is 35.6 Å². The number of ether oxygens (including phenoxy) is 3. The Hall–Kier alpha value is -4.25. The predicted molar refractivity (Wildman–Crippen MR) is 169 cm³/mol. The van der Waals surface area contributed by atoms with E-state index in [9.17, 15) is 13.6 Å². The maximum atomic E-state index is 13.8. The van der Waals surface area contributed by atoms with Gasteiger partial charge in [-0.3, -0.25) is 0 Å². The standard InChI is InChI=1S/C32H36F2N7O4P/c1-31(2,3)45-30(42)41-13-12-22-21(14-41)28(39-26(37-22)24-25(19-10-11-19)35-17-36-29(24)43-5)44-16-18-6-8-20(9-7-18)27-38-23(15-40(27)4)32(33,34)46/h6-9,15,17,19H,10-14,16,46H2,1-5H3. The number of fused-ring (bicyclic) bond motifs is 1. The summed E-state index contributed by atoms with van der Waals surface area (Å²) in [6.07, 6.45) is 4.90. The van der Waals surface area contributed by atoms with Gasteiger partial charge in [0, 0.05) is 37.7 Å². The summed E-state index contributed by atoms with van der Waals surface area (Å²) in [7, 11) is 4.75. The van der Waals surface area contributed by atoms with E-state index in [1.807, 2.05) is 45.0 Å². The summed E-state index contributed by atoms with van der Waals surface area (Å²) in [6, 6.07) is 7.32. The van der Waals surface area contributed by atoms with Gasteiger partial charge >= 0.3 is 11.8 Å². The van der Waals surface area contributed by atoms with Crippen LogP contribution in [0.5, 0.6) is 11.8 Å². The maximum absolute atomic E-state index is 13.8. The lowest BCUT2D eigenvalue weighted by atomic mass is 10.1. The number of carbonyl (C=O) groups is 1. The Balaban J connectivity index is 1.32. The van der Waals surface area contributed by atoms with E-state index in [0.717, 1.165) is 29.8 Å². The van der Waals surface area contributed by atoms with Crippen molar-refractivity contribution in [3.05, 3.63) is 65.0 Å². The van der Waals surface area contributed by atoms with Crippen LogP contribution in [0, 0.1) is 0 Å². The quantitative estimate of drug-likeness (QED) is 0.211. The molecule has 6 rings (SSSR count). The number of alkyl halides is 2. The van der Waals surface area contributed by atoms with Gasteiger partial charge in [-0.25, -0.2) is 24.7 Å². The molecule has 2 aliphatic rings. The van der Waals surface area contributed by atoms with Crippen LogP contribution in [0.4, 0.5) is 13.6 Å². The number of amides is 1. The number of methoxy groups -OCH3 is 1. The molecule has 1 aromatic carbocycles. The van der Waals surface area contributed by atoms with Crippen molar-refractivity contribution < 1.29 is 27.8 Å². The first-order valence-corrected chi connectivity index (χ1v) is 15.6. The minimum absolute atomic E-state index is 0.156. The van der Waals surface area contributed by atoms with Gasteiger partial charge in [0.05, 0.1) is 30.6 Å². The van der Waals surface area contributed by atoms with Crippen LogP contribution in [0.3, 0.4) is 0 Å². The Morgan fingerprint density at radius 3 is 2.43 bits per heavy atom. The molecule has 46 heavy (non-hydrogen) atoms. The van der Waals surface area contributed by atoms with E-state index in [0.29, 0.717) is 53.1 Å². The number of aromatic nitrogens is 6. The molecule has 0 bridgehead atoms. The average molecular weight is 652 g/mol. The number of aryl methyl sites for hydroxylation is 1. The molecule has 1 unspecified atom stereocenters. The number of nitrogens with zero attached hydrogens (tertiary/aromatic N) is 7. The Labute approximate surface area is 268 Å². The smallest absolute Gasteiger partial charge is 0.410 e. The third-order valence-electron chi connectivity index (χ3n) is 7.70. The van der Waals surface area contributed by atoms with Gasteiger partial charge in [-0.05, 0) is 39.2 Å². The Morgan fingerprint density at radius 2 is 1.80 bits per heavy atom. The average Bonchev–Trinajstić information content (AvgIpc) is 3.78. The molecule has 1 saturated carbocycles. The summed E-state index contributed by atoms with van der Waals surface area (Å²) in [5.41, 5.74) is 0.373. The molecule has 11 nitrogen and oxygen atoms in total. The van der Waals surface area contributed by atoms with Crippen LogP contribution in [0.2, 0.25) is 0 Å². The van der Waals surface area contributed by atoms with Crippen molar-refractivity contribution in [3.8, 4) is 34.5 Å². The molecule has 1 aliphatic carbocycles. The minimum Gasteiger partial charge on any atom is -0.480 e. The fraction of sp³-hybridized carbons (Fsp3) is 0.438. The Kier molecular flexibility index (Phi) is 8.39. The summed E-state index contributed by atoms with van der Waals surface area (Å²) in [5.74, 6) is 1.84. The van der Waals surface area contributed by atoms with E-state index >= 15 is 0 Å². The number of benzene rings is 1. The highest BCUT2D eigenvalue weighted by molar-refractivity contribution is 7.17. The molecule has 4 aromatic rings. The monoisotopic (exact) mass is 651 g/mol. The van der Waals surface area contributed by atoms with Crippen LogP contribution in [-0.2, 0) is 37.0 Å². The lowest BCUT2D eigenvalue weighted by molar-refractivity contribution is 0.0220. The summed E-state index contributed by atoms with van der Waals surface area (Å²) >= 11 is 0. The third-order valence-corrected chi connectivity index (χ3v) is 8.00. The summed E-state index contributed by atoms with van der Waals surface area (Å²) < 4.78 is 46.8. The van der Waals surface area contributed by atoms with Crippen molar-refractivity contribution >= 4 is 15.3 Å². The Morgan fingerprint density at radius 1 is 1.07 bits per heavy atom. The van der Waals surface area contributed by atoms with E-state index in [-0.39, 0.29) is 24.8 Å². The van der Waals surface area contributed by atoms with E-state index in [2.05, 4.69) is 15.0 Å². The number of hydrogen-bond acceptors (Lipinski definition) is 9. The molecule has 14 heteroatoms. The molecule has 3 aromatic heterocycles. The van der Waals surface area contributed by atoms with Crippen LogP contribution in [0.25, 0.3) is 22.8 Å².